The number of nitrogens with one attached hydrogen (secondary N) is 1. The molecule has 1 aromatic carbocycles. The number of rotatable bonds is 5. The van der Waals surface area contributed by atoms with Crippen molar-refractivity contribution >= 4 is 17.5 Å². The number of halogens is 1. The Morgan fingerprint density at radius 3 is 2.84 bits per heavy atom. The van der Waals surface area contributed by atoms with Crippen molar-refractivity contribution in [1.82, 2.24) is 24.6 Å². The van der Waals surface area contributed by atoms with Crippen molar-refractivity contribution in [1.29, 1.82) is 0 Å². The lowest BCUT2D eigenvalue weighted by Crippen LogP contribution is -2.26. The van der Waals surface area contributed by atoms with Crippen molar-refractivity contribution in [2.45, 2.75) is 32.9 Å². The molecule has 0 fully saturated rings. The molecule has 1 N–H and O–H groups in total. The second-order valence-electron chi connectivity index (χ2n) is 7.88. The minimum atomic E-state index is -0.162. The highest BCUT2D eigenvalue weighted by atomic mass is 35.5. The van der Waals surface area contributed by atoms with Crippen molar-refractivity contribution in [3.05, 3.63) is 81.9 Å². The topological polar surface area (TPSA) is 80.0 Å². The Hall–Kier alpha value is -3.32. The number of amides is 1. The third-order valence-corrected chi connectivity index (χ3v) is 5.91. The van der Waals surface area contributed by atoms with Gasteiger partial charge in [-0.2, -0.15) is 5.10 Å². The van der Waals surface area contributed by atoms with Gasteiger partial charge in [0.2, 0.25) is 0 Å². The molecule has 8 heteroatoms. The van der Waals surface area contributed by atoms with Gasteiger partial charge in [-0.1, -0.05) is 23.7 Å². The van der Waals surface area contributed by atoms with E-state index in [4.69, 9.17) is 21.1 Å². The molecule has 3 heterocycles. The summed E-state index contributed by atoms with van der Waals surface area (Å²) in [5.41, 5.74) is 5.00. The number of aromatic nitrogens is 4. The third kappa shape index (κ3) is 3.65. The summed E-state index contributed by atoms with van der Waals surface area (Å²) >= 11 is 5.99. The second kappa shape index (κ2) is 7.74. The number of carbonyl (C=O) groups is 1. The summed E-state index contributed by atoms with van der Waals surface area (Å²) < 4.78 is 8.00. The maximum atomic E-state index is 13.0. The summed E-state index contributed by atoms with van der Waals surface area (Å²) in [6.45, 7) is 2.98. The molecule has 5 rings (SSSR count). The molecule has 31 heavy (non-hydrogen) atoms. The van der Waals surface area contributed by atoms with Crippen LogP contribution in [-0.2, 0) is 25.9 Å². The molecule has 0 unspecified atom stereocenters. The van der Waals surface area contributed by atoms with E-state index in [0.29, 0.717) is 18.8 Å². The summed E-state index contributed by atoms with van der Waals surface area (Å²) in [4.78, 5) is 21.9. The quantitative estimate of drug-likeness (QED) is 0.508. The van der Waals surface area contributed by atoms with Crippen LogP contribution in [0.1, 0.15) is 38.8 Å². The zero-order valence-electron chi connectivity index (χ0n) is 17.4. The summed E-state index contributed by atoms with van der Waals surface area (Å²) in [5, 5.41) is 5.55. The number of benzene rings is 1. The fourth-order valence-electron chi connectivity index (χ4n) is 4.08. The Labute approximate surface area is 184 Å². The Morgan fingerprint density at radius 1 is 1.29 bits per heavy atom. The van der Waals surface area contributed by atoms with Crippen molar-refractivity contribution in [2.24, 2.45) is 0 Å². The van der Waals surface area contributed by atoms with Crippen LogP contribution < -0.4 is 0 Å². The molecule has 1 aliphatic carbocycles. The second-order valence-corrected chi connectivity index (χ2v) is 8.31. The van der Waals surface area contributed by atoms with Gasteiger partial charge >= 0.3 is 0 Å². The first kappa shape index (κ1) is 19.6. The summed E-state index contributed by atoms with van der Waals surface area (Å²) in [6.07, 6.45) is 7.10. The molecule has 0 spiro atoms. The van der Waals surface area contributed by atoms with E-state index in [2.05, 4.69) is 16.2 Å². The number of aryl methyl sites for hydroxylation is 2. The molecular weight excluding hydrogens is 414 g/mol. The number of nitrogens with zero attached hydrogens (tertiary/aromatic N) is 4. The van der Waals surface area contributed by atoms with E-state index in [-0.39, 0.29) is 5.91 Å². The molecule has 3 aromatic heterocycles. The minimum absolute atomic E-state index is 0.162. The average molecular weight is 436 g/mol. The van der Waals surface area contributed by atoms with E-state index < -0.39 is 0 Å². The summed E-state index contributed by atoms with van der Waals surface area (Å²) in [6, 6.07) is 7.78. The highest BCUT2D eigenvalue weighted by Gasteiger charge is 2.31. The van der Waals surface area contributed by atoms with E-state index in [1.54, 1.807) is 24.3 Å². The van der Waals surface area contributed by atoms with E-state index in [9.17, 15) is 4.79 Å². The number of imidazole rings is 1. The Morgan fingerprint density at radius 2 is 2.10 bits per heavy atom. The van der Waals surface area contributed by atoms with Crippen LogP contribution in [0.4, 0.5) is 0 Å². The predicted molar refractivity (Wildman–Crippen MR) is 117 cm³/mol. The molecule has 0 atom stereocenters. The zero-order chi connectivity index (χ0) is 21.5. The van der Waals surface area contributed by atoms with Crippen LogP contribution in [0.25, 0.3) is 11.3 Å². The largest absolute Gasteiger partial charge is 0.455 e. The van der Waals surface area contributed by atoms with Crippen LogP contribution >= 0.6 is 11.6 Å². The first-order valence-electron chi connectivity index (χ1n) is 10.2. The molecule has 0 aliphatic heterocycles. The molecule has 1 amide bonds. The molecule has 7 nitrogen and oxygen atoms in total. The van der Waals surface area contributed by atoms with Crippen LogP contribution in [-0.4, -0.2) is 37.6 Å². The normalized spacial score (nSPS) is 12.5. The maximum Gasteiger partial charge on any atom is 0.290 e. The molecule has 0 bridgehead atoms. The smallest absolute Gasteiger partial charge is 0.290 e. The third-order valence-electron chi connectivity index (χ3n) is 5.66. The van der Waals surface area contributed by atoms with Crippen molar-refractivity contribution in [2.75, 3.05) is 7.05 Å². The van der Waals surface area contributed by atoms with Gasteiger partial charge in [-0.25, -0.2) is 4.98 Å². The monoisotopic (exact) mass is 435 g/mol. The lowest BCUT2D eigenvalue weighted by Gasteiger charge is -2.14. The van der Waals surface area contributed by atoms with E-state index >= 15 is 0 Å². The fourth-order valence-corrected chi connectivity index (χ4v) is 4.21. The number of H-pyrrole nitrogens is 1. The van der Waals surface area contributed by atoms with Gasteiger partial charge in [-0.3, -0.25) is 9.48 Å². The lowest BCUT2D eigenvalue weighted by molar-refractivity contribution is 0.0747. The van der Waals surface area contributed by atoms with Gasteiger partial charge in [0.05, 0.1) is 18.8 Å². The fraction of sp³-hybridized carbons (Fsp3) is 0.261. The number of fused-ring (bicyclic) bond motifs is 3. The van der Waals surface area contributed by atoms with Gasteiger partial charge < -0.3 is 14.3 Å². The molecule has 0 saturated carbocycles. The van der Waals surface area contributed by atoms with Gasteiger partial charge in [-0.05, 0) is 36.6 Å². The number of hydrogen-bond acceptors (Lipinski definition) is 4. The summed E-state index contributed by atoms with van der Waals surface area (Å²) in [5.74, 6) is 1.77. The van der Waals surface area contributed by atoms with Crippen LogP contribution in [0, 0.1) is 6.92 Å². The number of aromatic amines is 1. The first-order chi connectivity index (χ1) is 15.0. The predicted octanol–water partition coefficient (Wildman–Crippen LogP) is 4.25. The Kier molecular flexibility index (Phi) is 4.90. The van der Waals surface area contributed by atoms with Gasteiger partial charge in [0, 0.05) is 48.2 Å². The molecule has 158 valence electrons. The average Bonchev–Trinajstić information content (AvgIpc) is 3.48. The molecule has 4 aromatic rings. The summed E-state index contributed by atoms with van der Waals surface area (Å²) in [7, 11) is 1.75. The Bertz CT molecular complexity index is 1240. The zero-order valence-corrected chi connectivity index (χ0v) is 18.1. The SMILES string of the molecule is Cc1c(C(=O)N(C)Cc2ncc[nH]2)oc2c1-c1nn(Cc3ccc(Cl)cc3)cc1CC2. The lowest BCUT2D eigenvalue weighted by atomic mass is 9.93. The van der Waals surface area contributed by atoms with E-state index in [0.717, 1.165) is 51.8 Å². The number of carbonyl (C=O) groups excluding carboxylic acids is 1. The van der Waals surface area contributed by atoms with Crippen LogP contribution in [0.5, 0.6) is 0 Å². The highest BCUT2D eigenvalue weighted by Crippen LogP contribution is 2.38. The first-order valence-corrected chi connectivity index (χ1v) is 10.5. The molecule has 0 radical (unpaired) electrons. The molecule has 1 aliphatic rings. The van der Waals surface area contributed by atoms with Crippen molar-refractivity contribution in [3.8, 4) is 11.3 Å². The van der Waals surface area contributed by atoms with E-state index in [1.165, 1.54) is 5.56 Å². The van der Waals surface area contributed by atoms with Crippen LogP contribution in [0.15, 0.2) is 47.3 Å². The minimum Gasteiger partial charge on any atom is -0.455 e. The molecule has 0 saturated heterocycles. The van der Waals surface area contributed by atoms with Gasteiger partial charge in [-0.15, -0.1) is 0 Å². The van der Waals surface area contributed by atoms with Gasteiger partial charge in [0.25, 0.3) is 5.91 Å². The van der Waals surface area contributed by atoms with E-state index in [1.807, 2.05) is 35.9 Å². The van der Waals surface area contributed by atoms with Gasteiger partial charge in [0.15, 0.2) is 5.76 Å². The van der Waals surface area contributed by atoms with Crippen LogP contribution in [0.3, 0.4) is 0 Å². The number of furan rings is 1. The van der Waals surface area contributed by atoms with Crippen LogP contribution in [0.2, 0.25) is 5.02 Å². The van der Waals surface area contributed by atoms with Crippen molar-refractivity contribution in [3.63, 3.8) is 0 Å². The van der Waals surface area contributed by atoms with Crippen molar-refractivity contribution < 1.29 is 9.21 Å². The van der Waals surface area contributed by atoms with Gasteiger partial charge in [0.1, 0.15) is 11.6 Å². The molecular formula is C23H22ClN5O2. The maximum absolute atomic E-state index is 13.0. The Balaban J connectivity index is 1.43. The highest BCUT2D eigenvalue weighted by molar-refractivity contribution is 6.30. The standard InChI is InChI=1S/C23H22ClN5O2/c1-14-20-18(31-22(14)23(30)28(2)13-19-25-9-10-26-19)8-5-16-12-29(27-21(16)20)11-15-3-6-17(24)7-4-15/h3-4,6-7,9-10,12H,5,8,11,13H2,1-2H3,(H,25,26). The number of hydrogen-bond donors (Lipinski definition) is 1.